The molecule has 1 atom stereocenters. The number of carbonyl (C=O) groups is 2. The smallest absolute Gasteiger partial charge is 0.371 e. The van der Waals surface area contributed by atoms with Crippen molar-refractivity contribution in [3.05, 3.63) is 17.9 Å². The largest absolute Gasteiger partial charge is 0.475 e. The summed E-state index contributed by atoms with van der Waals surface area (Å²) >= 11 is 1.06. The van der Waals surface area contributed by atoms with Crippen molar-refractivity contribution in [3.8, 4) is 0 Å². The van der Waals surface area contributed by atoms with E-state index in [-0.39, 0.29) is 28.9 Å². The van der Waals surface area contributed by atoms with E-state index in [9.17, 15) is 18.0 Å². The summed E-state index contributed by atoms with van der Waals surface area (Å²) in [5.74, 6) is -1.62. The van der Waals surface area contributed by atoms with Gasteiger partial charge in [-0.2, -0.15) is 0 Å². The van der Waals surface area contributed by atoms with Gasteiger partial charge in [-0.25, -0.2) is 13.2 Å². The third-order valence-corrected chi connectivity index (χ3v) is 5.90. The molecule has 2 rings (SSSR count). The number of hydrogen-bond acceptors (Lipinski definition) is 6. The Balaban J connectivity index is 1.86. The Kier molecular flexibility index (Phi) is 4.33. The average Bonchev–Trinajstić information content (AvgIpc) is 2.91. The summed E-state index contributed by atoms with van der Waals surface area (Å²) < 4.78 is 27.9. The van der Waals surface area contributed by atoms with E-state index in [1.165, 1.54) is 12.1 Å². The fraction of sp³-hybridized carbons (Fsp3) is 0.500. The molecule has 2 heterocycles. The van der Waals surface area contributed by atoms with Crippen molar-refractivity contribution in [1.29, 1.82) is 0 Å². The zero-order valence-corrected chi connectivity index (χ0v) is 12.9. The summed E-state index contributed by atoms with van der Waals surface area (Å²) in [7, 11) is -3.08. The zero-order valence-electron chi connectivity index (χ0n) is 11.3. The fourth-order valence-electron chi connectivity index (χ4n) is 2.13. The second-order valence-corrected chi connectivity index (χ2v) is 8.33. The minimum atomic E-state index is -3.08. The molecule has 9 heteroatoms. The van der Waals surface area contributed by atoms with Gasteiger partial charge in [0, 0.05) is 0 Å². The fourth-order valence-corrected chi connectivity index (χ4v) is 4.88. The number of carboxylic acids is 1. The Morgan fingerprint density at radius 2 is 2.19 bits per heavy atom. The van der Waals surface area contributed by atoms with Crippen molar-refractivity contribution in [2.75, 3.05) is 17.3 Å². The standard InChI is InChI=1S/C12H15NO6S2/c1-12(4-5-21(17,18)7-12)13-9(14)6-20-10-3-2-8(19-10)11(15)16/h2-3H,4-7H2,1H3,(H,13,14)(H,15,16). The van der Waals surface area contributed by atoms with E-state index < -0.39 is 21.3 Å². The van der Waals surface area contributed by atoms with E-state index in [0.29, 0.717) is 11.5 Å². The van der Waals surface area contributed by atoms with Crippen LogP contribution in [0.1, 0.15) is 23.9 Å². The number of hydrogen-bond donors (Lipinski definition) is 2. The van der Waals surface area contributed by atoms with E-state index in [1.807, 2.05) is 0 Å². The molecule has 0 aromatic carbocycles. The maximum absolute atomic E-state index is 11.8. The second-order valence-electron chi connectivity index (χ2n) is 5.16. The van der Waals surface area contributed by atoms with E-state index in [0.717, 1.165) is 11.8 Å². The minimum Gasteiger partial charge on any atom is -0.475 e. The van der Waals surface area contributed by atoms with Crippen LogP contribution in [0.25, 0.3) is 0 Å². The topological polar surface area (TPSA) is 114 Å². The molecule has 0 saturated carbocycles. The first-order valence-electron chi connectivity index (χ1n) is 6.16. The molecule has 1 aliphatic rings. The number of rotatable bonds is 5. The van der Waals surface area contributed by atoms with Crippen LogP contribution in [0.4, 0.5) is 0 Å². The van der Waals surface area contributed by atoms with Gasteiger partial charge in [-0.3, -0.25) is 4.79 Å². The zero-order chi connectivity index (χ0) is 15.7. The molecule has 116 valence electrons. The lowest BCUT2D eigenvalue weighted by atomic mass is 10.0. The highest BCUT2D eigenvalue weighted by atomic mass is 32.2. The number of nitrogens with one attached hydrogen (secondary N) is 1. The highest BCUT2D eigenvalue weighted by molar-refractivity contribution is 7.99. The van der Waals surface area contributed by atoms with Crippen LogP contribution in [0, 0.1) is 0 Å². The molecule has 7 nitrogen and oxygen atoms in total. The molecule has 1 aliphatic heterocycles. The normalized spacial score (nSPS) is 23.9. The second kappa shape index (κ2) is 5.72. The molecule has 21 heavy (non-hydrogen) atoms. The number of carboxylic acid groups (broad SMARTS) is 1. The van der Waals surface area contributed by atoms with Crippen molar-refractivity contribution >= 4 is 33.5 Å². The molecule has 0 radical (unpaired) electrons. The van der Waals surface area contributed by atoms with Crippen molar-refractivity contribution in [2.45, 2.75) is 24.0 Å². The van der Waals surface area contributed by atoms with E-state index >= 15 is 0 Å². The third-order valence-electron chi connectivity index (χ3n) is 3.08. The number of furan rings is 1. The Bertz CT molecular complexity index is 665. The number of aromatic carboxylic acids is 1. The van der Waals surface area contributed by atoms with Crippen LogP contribution in [0.5, 0.6) is 0 Å². The Hall–Kier alpha value is -1.48. The van der Waals surface area contributed by atoms with Gasteiger partial charge >= 0.3 is 5.97 Å². The lowest BCUT2D eigenvalue weighted by Gasteiger charge is -2.23. The van der Waals surface area contributed by atoms with Crippen molar-refractivity contribution in [1.82, 2.24) is 5.32 Å². The number of sulfone groups is 1. The van der Waals surface area contributed by atoms with Gasteiger partial charge in [0.1, 0.15) is 0 Å². The average molecular weight is 333 g/mol. The quantitative estimate of drug-likeness (QED) is 0.765. The van der Waals surface area contributed by atoms with Crippen LogP contribution in [0.2, 0.25) is 0 Å². The molecule has 1 unspecified atom stereocenters. The van der Waals surface area contributed by atoms with Crippen LogP contribution < -0.4 is 5.32 Å². The van der Waals surface area contributed by atoms with Gasteiger partial charge in [-0.05, 0) is 25.5 Å². The molecule has 1 fully saturated rings. The predicted molar refractivity (Wildman–Crippen MR) is 76.2 cm³/mol. The highest BCUT2D eigenvalue weighted by Crippen LogP contribution is 2.24. The molecule has 1 amide bonds. The first-order valence-corrected chi connectivity index (χ1v) is 8.97. The summed E-state index contributed by atoms with van der Waals surface area (Å²) in [6, 6.07) is 2.79. The van der Waals surface area contributed by atoms with E-state index in [1.54, 1.807) is 6.92 Å². The molecule has 0 spiro atoms. The minimum absolute atomic E-state index is 0.0300. The van der Waals surface area contributed by atoms with Gasteiger partial charge in [0.2, 0.25) is 11.7 Å². The summed E-state index contributed by atoms with van der Waals surface area (Å²) in [5.41, 5.74) is -0.730. The van der Waals surface area contributed by atoms with Crippen LogP contribution in [-0.2, 0) is 14.6 Å². The molecule has 1 saturated heterocycles. The van der Waals surface area contributed by atoms with Gasteiger partial charge in [0.25, 0.3) is 0 Å². The van der Waals surface area contributed by atoms with Gasteiger partial charge in [-0.1, -0.05) is 11.8 Å². The van der Waals surface area contributed by atoms with Crippen LogP contribution >= 0.6 is 11.8 Å². The summed E-state index contributed by atoms with van der Waals surface area (Å²) in [5, 5.41) is 11.7. The van der Waals surface area contributed by atoms with Gasteiger partial charge < -0.3 is 14.8 Å². The van der Waals surface area contributed by atoms with E-state index in [4.69, 9.17) is 9.52 Å². The van der Waals surface area contributed by atoms with Gasteiger partial charge in [0.15, 0.2) is 14.9 Å². The molecular formula is C12H15NO6S2. The number of amides is 1. The number of thioether (sulfide) groups is 1. The summed E-state index contributed by atoms with van der Waals surface area (Å²) in [6.45, 7) is 1.70. The van der Waals surface area contributed by atoms with E-state index in [2.05, 4.69) is 5.32 Å². The lowest BCUT2D eigenvalue weighted by molar-refractivity contribution is -0.120. The SMILES string of the molecule is CC1(NC(=O)CSc2ccc(C(=O)O)o2)CCS(=O)(=O)C1. The molecule has 0 aliphatic carbocycles. The number of carbonyl (C=O) groups excluding carboxylic acids is 1. The van der Waals surface area contributed by atoms with Crippen molar-refractivity contribution < 1.29 is 27.5 Å². The highest BCUT2D eigenvalue weighted by Gasteiger charge is 2.39. The van der Waals surface area contributed by atoms with Crippen LogP contribution in [-0.4, -0.2) is 48.2 Å². The Morgan fingerprint density at radius 3 is 2.71 bits per heavy atom. The molecule has 0 bridgehead atoms. The molecule has 1 aromatic rings. The monoisotopic (exact) mass is 333 g/mol. The predicted octanol–water partition coefficient (Wildman–Crippen LogP) is 0.763. The first kappa shape index (κ1) is 15.9. The Labute approximate surface area is 126 Å². The third kappa shape index (κ3) is 4.24. The van der Waals surface area contributed by atoms with Crippen LogP contribution in [0.15, 0.2) is 21.6 Å². The van der Waals surface area contributed by atoms with Gasteiger partial charge in [-0.15, -0.1) is 0 Å². The molecule has 2 N–H and O–H groups in total. The summed E-state index contributed by atoms with van der Waals surface area (Å²) in [4.78, 5) is 22.5. The molecule has 1 aromatic heterocycles. The summed E-state index contributed by atoms with van der Waals surface area (Å²) in [6.07, 6.45) is 0.398. The maximum Gasteiger partial charge on any atom is 0.371 e. The van der Waals surface area contributed by atoms with Crippen molar-refractivity contribution in [3.63, 3.8) is 0 Å². The van der Waals surface area contributed by atoms with Gasteiger partial charge in [0.05, 0.1) is 22.8 Å². The lowest BCUT2D eigenvalue weighted by Crippen LogP contribution is -2.47. The first-order chi connectivity index (χ1) is 9.69. The van der Waals surface area contributed by atoms with Crippen molar-refractivity contribution in [2.24, 2.45) is 0 Å². The molecular weight excluding hydrogens is 318 g/mol. The van der Waals surface area contributed by atoms with Crippen LogP contribution in [0.3, 0.4) is 0 Å². The Morgan fingerprint density at radius 1 is 1.48 bits per heavy atom. The maximum atomic E-state index is 11.8.